The Morgan fingerprint density at radius 2 is 1.97 bits per heavy atom. The Kier molecular flexibility index (Phi) is 7.64. The van der Waals surface area contributed by atoms with E-state index in [0.717, 1.165) is 56.5 Å². The van der Waals surface area contributed by atoms with Gasteiger partial charge >= 0.3 is 0 Å². The van der Waals surface area contributed by atoms with Crippen molar-refractivity contribution >= 4 is 29.9 Å². The minimum atomic E-state index is 0. The molecule has 2 unspecified atom stereocenters. The van der Waals surface area contributed by atoms with E-state index in [9.17, 15) is 0 Å². The van der Waals surface area contributed by atoms with Gasteiger partial charge in [0.1, 0.15) is 11.5 Å². The number of likely N-dealkylation sites (tertiary alicyclic amines) is 1. The van der Waals surface area contributed by atoms with Crippen molar-refractivity contribution in [2.24, 2.45) is 4.99 Å². The van der Waals surface area contributed by atoms with Gasteiger partial charge in [0.2, 0.25) is 0 Å². The van der Waals surface area contributed by atoms with Crippen LogP contribution in [0.2, 0.25) is 0 Å². The third-order valence-corrected chi connectivity index (χ3v) is 5.88. The number of fused-ring (bicyclic) bond motifs is 1. The van der Waals surface area contributed by atoms with Crippen LogP contribution in [0.25, 0.3) is 0 Å². The van der Waals surface area contributed by atoms with E-state index in [1.807, 2.05) is 25.2 Å². The second kappa shape index (κ2) is 10.2. The Morgan fingerprint density at radius 1 is 1.17 bits per heavy atom. The molecule has 2 aliphatic rings. The minimum Gasteiger partial charge on any atom is -0.497 e. The molecule has 0 aliphatic carbocycles. The molecule has 0 radical (unpaired) electrons. The van der Waals surface area contributed by atoms with E-state index in [-0.39, 0.29) is 24.0 Å². The van der Waals surface area contributed by atoms with Crippen LogP contribution in [0.3, 0.4) is 0 Å². The molecule has 0 aromatic heterocycles. The monoisotopic (exact) mass is 507 g/mol. The average Bonchev–Trinajstić information content (AvgIpc) is 3.24. The van der Waals surface area contributed by atoms with Gasteiger partial charge in [0.25, 0.3) is 0 Å². The van der Waals surface area contributed by atoms with Gasteiger partial charge in [-0.2, -0.15) is 0 Å². The Labute approximate surface area is 190 Å². The summed E-state index contributed by atoms with van der Waals surface area (Å²) in [4.78, 5) is 6.92. The highest BCUT2D eigenvalue weighted by Gasteiger charge is 2.27. The molecule has 0 amide bonds. The van der Waals surface area contributed by atoms with Gasteiger partial charge in [-0.25, -0.2) is 0 Å². The molecule has 1 N–H and O–H groups in total. The van der Waals surface area contributed by atoms with Crippen molar-refractivity contribution in [3.05, 3.63) is 59.7 Å². The number of ether oxygens (including phenoxy) is 2. The van der Waals surface area contributed by atoms with Crippen LogP contribution >= 0.6 is 24.0 Å². The number of guanidine groups is 1. The molecule has 2 atom stereocenters. The number of hydrogen-bond donors (Lipinski definition) is 1. The number of methoxy groups -OCH3 is 1. The summed E-state index contributed by atoms with van der Waals surface area (Å²) >= 11 is 0. The van der Waals surface area contributed by atoms with Gasteiger partial charge in [0.15, 0.2) is 5.96 Å². The third-order valence-electron chi connectivity index (χ3n) is 5.88. The van der Waals surface area contributed by atoms with Gasteiger partial charge in [0, 0.05) is 38.5 Å². The zero-order valence-electron chi connectivity index (χ0n) is 17.1. The molecule has 2 aliphatic heterocycles. The first-order chi connectivity index (χ1) is 13.8. The van der Waals surface area contributed by atoms with Crippen LogP contribution in [-0.2, 0) is 0 Å². The molecule has 4 rings (SSSR count). The first-order valence-electron chi connectivity index (χ1n) is 10.1. The van der Waals surface area contributed by atoms with Gasteiger partial charge in [-0.3, -0.25) is 4.99 Å². The van der Waals surface area contributed by atoms with Gasteiger partial charge in [-0.15, -0.1) is 24.0 Å². The number of halogens is 1. The SMILES string of the molecule is CN=C(NCC1CCOc2ccccc21)N1CCC(c2ccc(OC)cc2)C1.I. The topological polar surface area (TPSA) is 46.1 Å². The molecule has 2 aromatic rings. The maximum absolute atomic E-state index is 5.79. The number of hydrogen-bond acceptors (Lipinski definition) is 3. The summed E-state index contributed by atoms with van der Waals surface area (Å²) < 4.78 is 11.1. The number of para-hydroxylation sites is 1. The zero-order chi connectivity index (χ0) is 19.3. The van der Waals surface area contributed by atoms with Crippen molar-refractivity contribution in [1.82, 2.24) is 10.2 Å². The standard InChI is InChI=1S/C23H29N3O2.HI/c1-24-23(25-15-18-12-14-28-22-6-4-3-5-21(18)22)26-13-11-19(16-26)17-7-9-20(27-2)10-8-17;/h3-10,18-19H,11-16H2,1-2H3,(H,24,25);1H. The number of aliphatic imine (C=N–C) groups is 1. The van der Waals surface area contributed by atoms with Gasteiger partial charge in [-0.1, -0.05) is 30.3 Å². The highest BCUT2D eigenvalue weighted by molar-refractivity contribution is 14.0. The number of benzene rings is 2. The van der Waals surface area contributed by atoms with Gasteiger partial charge in [0.05, 0.1) is 13.7 Å². The fraction of sp³-hybridized carbons (Fsp3) is 0.435. The summed E-state index contributed by atoms with van der Waals surface area (Å²) in [5.41, 5.74) is 2.67. The van der Waals surface area contributed by atoms with Crippen molar-refractivity contribution in [2.45, 2.75) is 24.7 Å². The van der Waals surface area contributed by atoms with Crippen LogP contribution in [0, 0.1) is 0 Å². The van der Waals surface area contributed by atoms with Crippen LogP contribution in [0.1, 0.15) is 35.8 Å². The molecule has 1 fully saturated rings. The minimum absolute atomic E-state index is 0. The maximum Gasteiger partial charge on any atom is 0.193 e. The molecular weight excluding hydrogens is 477 g/mol. The van der Waals surface area contributed by atoms with E-state index >= 15 is 0 Å². The normalized spacial score (nSPS) is 21.0. The Hall–Kier alpha value is -1.96. The molecule has 0 spiro atoms. The predicted molar refractivity (Wildman–Crippen MR) is 128 cm³/mol. The summed E-state index contributed by atoms with van der Waals surface area (Å²) in [6.07, 6.45) is 2.18. The Bertz CT molecular complexity index is 825. The van der Waals surface area contributed by atoms with Crippen molar-refractivity contribution < 1.29 is 9.47 Å². The molecule has 2 heterocycles. The highest BCUT2D eigenvalue weighted by Crippen LogP contribution is 2.33. The summed E-state index contributed by atoms with van der Waals surface area (Å²) in [7, 11) is 3.58. The highest BCUT2D eigenvalue weighted by atomic mass is 127. The van der Waals surface area contributed by atoms with E-state index in [4.69, 9.17) is 9.47 Å². The van der Waals surface area contributed by atoms with E-state index in [0.29, 0.717) is 11.8 Å². The Morgan fingerprint density at radius 3 is 2.72 bits per heavy atom. The van der Waals surface area contributed by atoms with E-state index in [2.05, 4.69) is 45.5 Å². The molecule has 5 nitrogen and oxygen atoms in total. The largest absolute Gasteiger partial charge is 0.497 e. The Balaban J connectivity index is 0.00000240. The van der Waals surface area contributed by atoms with E-state index in [1.54, 1.807) is 7.11 Å². The fourth-order valence-electron chi connectivity index (χ4n) is 4.28. The fourth-order valence-corrected chi connectivity index (χ4v) is 4.28. The molecule has 2 aromatic carbocycles. The summed E-state index contributed by atoms with van der Waals surface area (Å²) in [6, 6.07) is 16.8. The molecule has 6 heteroatoms. The number of rotatable bonds is 4. The van der Waals surface area contributed by atoms with Crippen molar-refractivity contribution in [1.29, 1.82) is 0 Å². The second-order valence-corrected chi connectivity index (χ2v) is 7.50. The van der Waals surface area contributed by atoms with Crippen LogP contribution in [0.5, 0.6) is 11.5 Å². The van der Waals surface area contributed by atoms with Crippen molar-refractivity contribution in [3.8, 4) is 11.5 Å². The van der Waals surface area contributed by atoms with Crippen LogP contribution in [-0.4, -0.2) is 51.3 Å². The summed E-state index contributed by atoms with van der Waals surface area (Å²) in [6.45, 7) is 3.69. The average molecular weight is 507 g/mol. The molecular formula is C23H30IN3O2. The lowest BCUT2D eigenvalue weighted by Gasteiger charge is -2.28. The second-order valence-electron chi connectivity index (χ2n) is 7.50. The zero-order valence-corrected chi connectivity index (χ0v) is 19.5. The van der Waals surface area contributed by atoms with Crippen molar-refractivity contribution in [3.63, 3.8) is 0 Å². The molecule has 0 bridgehead atoms. The summed E-state index contributed by atoms with van der Waals surface area (Å²) in [5.74, 6) is 3.93. The first-order valence-corrected chi connectivity index (χ1v) is 10.1. The van der Waals surface area contributed by atoms with E-state index in [1.165, 1.54) is 11.1 Å². The van der Waals surface area contributed by atoms with Crippen LogP contribution in [0.15, 0.2) is 53.5 Å². The lowest BCUT2D eigenvalue weighted by Crippen LogP contribution is -2.42. The van der Waals surface area contributed by atoms with Gasteiger partial charge in [-0.05, 0) is 42.2 Å². The molecule has 29 heavy (non-hydrogen) atoms. The van der Waals surface area contributed by atoms with Crippen molar-refractivity contribution in [2.75, 3.05) is 40.4 Å². The molecule has 1 saturated heterocycles. The smallest absolute Gasteiger partial charge is 0.193 e. The van der Waals surface area contributed by atoms with Gasteiger partial charge < -0.3 is 19.7 Å². The maximum atomic E-state index is 5.79. The number of nitrogens with one attached hydrogen (secondary N) is 1. The summed E-state index contributed by atoms with van der Waals surface area (Å²) in [5, 5.41) is 3.61. The van der Waals surface area contributed by atoms with E-state index < -0.39 is 0 Å². The first kappa shape index (κ1) is 21.7. The predicted octanol–water partition coefficient (Wildman–Crippen LogP) is 4.24. The third kappa shape index (κ3) is 4.97. The van der Waals surface area contributed by atoms with Crippen LogP contribution < -0.4 is 14.8 Å². The molecule has 0 saturated carbocycles. The lowest BCUT2D eigenvalue weighted by atomic mass is 9.93. The quantitative estimate of drug-likeness (QED) is 0.382. The van der Waals surface area contributed by atoms with Crippen LogP contribution in [0.4, 0.5) is 0 Å². The number of nitrogens with zero attached hydrogens (tertiary/aromatic N) is 2. The lowest BCUT2D eigenvalue weighted by molar-refractivity contribution is 0.266. The molecule has 156 valence electrons.